The molecule has 22 heavy (non-hydrogen) atoms. The first-order valence-electron chi connectivity index (χ1n) is 7.20. The molecule has 0 aromatic heterocycles. The van der Waals surface area contributed by atoms with Gasteiger partial charge in [-0.25, -0.2) is 0 Å². The maximum atomic E-state index is 12.6. The molecule has 2 N–H and O–H groups in total. The lowest BCUT2D eigenvalue weighted by Crippen LogP contribution is -2.40. The van der Waals surface area contributed by atoms with Gasteiger partial charge in [0.05, 0.1) is 0 Å². The Morgan fingerprint density at radius 1 is 1.00 bits per heavy atom. The monoisotopic (exact) mass is 294 g/mol. The number of oxime groups is 1. The molecule has 2 aromatic carbocycles. The molecule has 0 spiro atoms. The van der Waals surface area contributed by atoms with Crippen molar-refractivity contribution in [2.75, 3.05) is 0 Å². The van der Waals surface area contributed by atoms with Gasteiger partial charge in [-0.15, -0.1) is 0 Å². The van der Waals surface area contributed by atoms with Crippen LogP contribution in [0.3, 0.4) is 0 Å². The van der Waals surface area contributed by atoms with Gasteiger partial charge in [0.25, 0.3) is 5.91 Å². The number of nitrogens with one attached hydrogen (secondary N) is 1. The molecule has 3 rings (SSSR count). The van der Waals surface area contributed by atoms with E-state index in [1.165, 1.54) is 0 Å². The topological polar surface area (TPSA) is 61.7 Å². The van der Waals surface area contributed by atoms with Gasteiger partial charge in [0.15, 0.2) is 0 Å². The van der Waals surface area contributed by atoms with Crippen LogP contribution in [0.1, 0.15) is 42.3 Å². The standard InChI is InChI=1S/C18H18N2O2/c1-18(2,3)19-17(21)14-10-6-9-13-15(14)11-7-4-5-8-12(11)16(13)20-22/h4-10,22H,1-3H3,(H,19,21). The summed E-state index contributed by atoms with van der Waals surface area (Å²) in [5.74, 6) is -0.127. The molecule has 2 aromatic rings. The van der Waals surface area contributed by atoms with Crippen molar-refractivity contribution >= 4 is 11.6 Å². The van der Waals surface area contributed by atoms with Crippen LogP contribution in [0.5, 0.6) is 0 Å². The van der Waals surface area contributed by atoms with Gasteiger partial charge in [0.1, 0.15) is 5.71 Å². The number of amides is 1. The summed E-state index contributed by atoms with van der Waals surface area (Å²) in [6.45, 7) is 5.84. The smallest absolute Gasteiger partial charge is 0.252 e. The lowest BCUT2D eigenvalue weighted by atomic mass is 9.98. The fraction of sp³-hybridized carbons (Fsp3) is 0.222. The fourth-order valence-corrected chi connectivity index (χ4v) is 2.80. The van der Waals surface area contributed by atoms with E-state index in [1.807, 2.05) is 57.2 Å². The summed E-state index contributed by atoms with van der Waals surface area (Å²) < 4.78 is 0. The van der Waals surface area contributed by atoms with Gasteiger partial charge in [0, 0.05) is 27.8 Å². The summed E-state index contributed by atoms with van der Waals surface area (Å²) in [5, 5.41) is 15.8. The molecule has 0 heterocycles. The number of nitrogens with zero attached hydrogens (tertiary/aromatic N) is 1. The van der Waals surface area contributed by atoms with Gasteiger partial charge >= 0.3 is 0 Å². The first-order valence-corrected chi connectivity index (χ1v) is 7.20. The van der Waals surface area contributed by atoms with Crippen LogP contribution in [0.25, 0.3) is 11.1 Å². The Morgan fingerprint density at radius 3 is 2.27 bits per heavy atom. The van der Waals surface area contributed by atoms with E-state index in [0.29, 0.717) is 11.3 Å². The highest BCUT2D eigenvalue weighted by molar-refractivity contribution is 6.26. The third-order valence-corrected chi connectivity index (χ3v) is 3.60. The number of carbonyl (C=O) groups is 1. The van der Waals surface area contributed by atoms with E-state index in [2.05, 4.69) is 10.5 Å². The van der Waals surface area contributed by atoms with Crippen molar-refractivity contribution in [1.29, 1.82) is 0 Å². The summed E-state index contributed by atoms with van der Waals surface area (Å²) in [5.41, 5.74) is 4.17. The number of fused-ring (bicyclic) bond motifs is 3. The minimum atomic E-state index is -0.314. The molecular formula is C18H18N2O2. The minimum absolute atomic E-state index is 0.127. The summed E-state index contributed by atoms with van der Waals surface area (Å²) in [7, 11) is 0. The van der Waals surface area contributed by atoms with E-state index in [0.717, 1.165) is 22.3 Å². The molecule has 0 fully saturated rings. The van der Waals surface area contributed by atoms with Crippen LogP contribution in [0, 0.1) is 0 Å². The van der Waals surface area contributed by atoms with Crippen molar-refractivity contribution < 1.29 is 10.0 Å². The maximum absolute atomic E-state index is 12.6. The number of hydrogen-bond donors (Lipinski definition) is 2. The van der Waals surface area contributed by atoms with Crippen LogP contribution in [-0.4, -0.2) is 22.4 Å². The van der Waals surface area contributed by atoms with Crippen molar-refractivity contribution in [1.82, 2.24) is 5.32 Å². The number of hydrogen-bond acceptors (Lipinski definition) is 3. The second-order valence-corrected chi connectivity index (χ2v) is 6.43. The Bertz CT molecular complexity index is 786. The van der Waals surface area contributed by atoms with Crippen molar-refractivity contribution in [2.24, 2.45) is 5.16 Å². The number of carbonyl (C=O) groups excluding carboxylic acids is 1. The molecule has 4 nitrogen and oxygen atoms in total. The second kappa shape index (κ2) is 4.98. The zero-order chi connectivity index (χ0) is 15.9. The molecule has 0 unspecified atom stereocenters. The average molecular weight is 294 g/mol. The molecule has 0 atom stereocenters. The molecule has 1 aliphatic rings. The van der Waals surface area contributed by atoms with Gasteiger partial charge in [-0.2, -0.15) is 0 Å². The van der Waals surface area contributed by atoms with Crippen molar-refractivity contribution in [3.8, 4) is 11.1 Å². The van der Waals surface area contributed by atoms with Crippen molar-refractivity contribution in [3.05, 3.63) is 59.2 Å². The highest BCUT2D eigenvalue weighted by Gasteiger charge is 2.30. The van der Waals surface area contributed by atoms with Crippen LogP contribution in [-0.2, 0) is 0 Å². The molecule has 1 aliphatic carbocycles. The highest BCUT2D eigenvalue weighted by Crippen LogP contribution is 2.39. The molecule has 0 saturated carbocycles. The molecule has 0 bridgehead atoms. The lowest BCUT2D eigenvalue weighted by molar-refractivity contribution is 0.0920. The van der Waals surface area contributed by atoms with Gasteiger partial charge in [-0.1, -0.05) is 41.6 Å². The summed E-state index contributed by atoms with van der Waals surface area (Å²) in [6.07, 6.45) is 0. The predicted molar refractivity (Wildman–Crippen MR) is 86.5 cm³/mol. The molecule has 112 valence electrons. The highest BCUT2D eigenvalue weighted by atomic mass is 16.4. The third kappa shape index (κ3) is 2.26. The molecule has 0 saturated heterocycles. The average Bonchev–Trinajstić information content (AvgIpc) is 2.79. The summed E-state index contributed by atoms with van der Waals surface area (Å²) in [6, 6.07) is 13.1. The third-order valence-electron chi connectivity index (χ3n) is 3.60. The van der Waals surface area contributed by atoms with Crippen molar-refractivity contribution in [2.45, 2.75) is 26.3 Å². The first kappa shape index (κ1) is 14.3. The van der Waals surface area contributed by atoms with Crippen molar-refractivity contribution in [3.63, 3.8) is 0 Å². The van der Waals surface area contributed by atoms with Gasteiger partial charge < -0.3 is 10.5 Å². The van der Waals surface area contributed by atoms with E-state index in [1.54, 1.807) is 6.07 Å². The zero-order valence-corrected chi connectivity index (χ0v) is 12.8. The van der Waals surface area contributed by atoms with E-state index in [-0.39, 0.29) is 11.4 Å². The van der Waals surface area contributed by atoms with E-state index in [4.69, 9.17) is 0 Å². The predicted octanol–water partition coefficient (Wildman–Crippen LogP) is 3.42. The lowest BCUT2D eigenvalue weighted by Gasteiger charge is -2.21. The Labute approximate surface area is 129 Å². The van der Waals surface area contributed by atoms with Gasteiger partial charge in [-0.3, -0.25) is 4.79 Å². The summed E-state index contributed by atoms with van der Waals surface area (Å²) >= 11 is 0. The molecule has 1 amide bonds. The summed E-state index contributed by atoms with van der Waals surface area (Å²) in [4.78, 5) is 12.6. The fourth-order valence-electron chi connectivity index (χ4n) is 2.80. The van der Waals surface area contributed by atoms with E-state index < -0.39 is 0 Å². The van der Waals surface area contributed by atoms with Gasteiger partial charge in [-0.05, 0) is 32.4 Å². The van der Waals surface area contributed by atoms with Gasteiger partial charge in [0.2, 0.25) is 0 Å². The second-order valence-electron chi connectivity index (χ2n) is 6.43. The Morgan fingerprint density at radius 2 is 1.64 bits per heavy atom. The Balaban J connectivity index is 2.20. The molecule has 0 radical (unpaired) electrons. The van der Waals surface area contributed by atoms with Crippen LogP contribution in [0.2, 0.25) is 0 Å². The molecule has 0 aliphatic heterocycles. The first-order chi connectivity index (χ1) is 10.4. The Kier molecular flexibility index (Phi) is 3.24. The normalized spacial score (nSPS) is 14.6. The van der Waals surface area contributed by atoms with Crippen LogP contribution in [0.15, 0.2) is 47.6 Å². The quantitative estimate of drug-likeness (QED) is 0.533. The van der Waals surface area contributed by atoms with Crippen LogP contribution in [0.4, 0.5) is 0 Å². The SMILES string of the molecule is CC(C)(C)NC(=O)c1cccc2c1-c1ccccc1C2=NO. The van der Waals surface area contributed by atoms with E-state index >= 15 is 0 Å². The number of benzene rings is 2. The Hall–Kier alpha value is -2.62. The zero-order valence-electron chi connectivity index (χ0n) is 12.8. The number of rotatable bonds is 1. The molecule has 4 heteroatoms. The molecular weight excluding hydrogens is 276 g/mol. The minimum Gasteiger partial charge on any atom is -0.410 e. The largest absolute Gasteiger partial charge is 0.410 e. The van der Waals surface area contributed by atoms with Crippen LogP contribution >= 0.6 is 0 Å². The van der Waals surface area contributed by atoms with E-state index in [9.17, 15) is 10.0 Å². The van der Waals surface area contributed by atoms with Crippen LogP contribution < -0.4 is 5.32 Å². The maximum Gasteiger partial charge on any atom is 0.252 e.